The van der Waals surface area contributed by atoms with Crippen molar-refractivity contribution in [2.24, 2.45) is 0 Å². The van der Waals surface area contributed by atoms with Gasteiger partial charge in [0, 0.05) is 34.8 Å². The number of hydrogen-bond donors (Lipinski definition) is 1. The lowest BCUT2D eigenvalue weighted by molar-refractivity contribution is 0.102. The third kappa shape index (κ3) is 4.94. The van der Waals surface area contributed by atoms with E-state index in [-0.39, 0.29) is 26.6 Å². The van der Waals surface area contributed by atoms with E-state index in [4.69, 9.17) is 11.6 Å². The Hall–Kier alpha value is -3.55. The highest BCUT2D eigenvalue weighted by molar-refractivity contribution is 7.90. The number of aromatic nitrogens is 1. The smallest absolute Gasteiger partial charge is 0.256 e. The zero-order chi connectivity index (χ0) is 23.6. The number of nitrogens with zero attached hydrogens (tertiary/aromatic N) is 1. The Morgan fingerprint density at radius 1 is 0.939 bits per heavy atom. The minimum atomic E-state index is -3.59. The van der Waals surface area contributed by atoms with Gasteiger partial charge in [-0.1, -0.05) is 41.9 Å². The number of anilines is 1. The molecule has 166 valence electrons. The number of amides is 1. The fourth-order valence-corrected chi connectivity index (χ4v) is 4.20. The number of pyridine rings is 1. The fourth-order valence-electron chi connectivity index (χ4n) is 3.37. The number of benzene rings is 3. The van der Waals surface area contributed by atoms with Crippen molar-refractivity contribution in [3.05, 3.63) is 101 Å². The summed E-state index contributed by atoms with van der Waals surface area (Å²) < 4.78 is 39.0. The summed E-state index contributed by atoms with van der Waals surface area (Å²) in [5.74, 6) is -1.27. The minimum absolute atomic E-state index is 0.0281. The molecule has 0 unspecified atom stereocenters. The Morgan fingerprint density at radius 2 is 1.73 bits per heavy atom. The van der Waals surface area contributed by atoms with Crippen molar-refractivity contribution in [1.82, 2.24) is 4.98 Å². The Balaban J connectivity index is 1.76. The molecule has 0 bridgehead atoms. The van der Waals surface area contributed by atoms with Gasteiger partial charge in [0.25, 0.3) is 5.91 Å². The van der Waals surface area contributed by atoms with Gasteiger partial charge < -0.3 is 5.32 Å². The molecule has 0 saturated heterocycles. The van der Waals surface area contributed by atoms with Crippen molar-refractivity contribution in [3.63, 3.8) is 0 Å². The van der Waals surface area contributed by atoms with Crippen LogP contribution in [0.15, 0.2) is 90.0 Å². The summed E-state index contributed by atoms with van der Waals surface area (Å²) in [5.41, 5.74) is 2.31. The average Bonchev–Trinajstić information content (AvgIpc) is 2.80. The molecule has 1 amide bonds. The van der Waals surface area contributed by atoms with Crippen LogP contribution in [-0.4, -0.2) is 25.6 Å². The summed E-state index contributed by atoms with van der Waals surface area (Å²) in [6.45, 7) is 0. The maximum atomic E-state index is 14.8. The Bertz CT molecular complexity index is 1460. The third-order valence-corrected chi connectivity index (χ3v) is 6.39. The summed E-state index contributed by atoms with van der Waals surface area (Å²) in [6, 6.07) is 21.0. The molecule has 5 nitrogen and oxygen atoms in total. The van der Waals surface area contributed by atoms with Crippen molar-refractivity contribution in [2.75, 3.05) is 11.6 Å². The van der Waals surface area contributed by atoms with E-state index < -0.39 is 21.6 Å². The van der Waals surface area contributed by atoms with E-state index >= 15 is 0 Å². The maximum absolute atomic E-state index is 14.8. The van der Waals surface area contributed by atoms with Gasteiger partial charge in [0.2, 0.25) is 0 Å². The van der Waals surface area contributed by atoms with Crippen molar-refractivity contribution in [1.29, 1.82) is 0 Å². The SMILES string of the molecule is CS(=O)(=O)c1ccc(C(=O)Nc2cccc(-c3ccccn3)c2)c(-c2cccc(Cl)c2F)c1. The lowest BCUT2D eigenvalue weighted by Crippen LogP contribution is -2.14. The van der Waals surface area contributed by atoms with E-state index in [2.05, 4.69) is 10.3 Å². The van der Waals surface area contributed by atoms with Gasteiger partial charge in [0.1, 0.15) is 5.82 Å². The molecule has 33 heavy (non-hydrogen) atoms. The number of hydrogen-bond acceptors (Lipinski definition) is 4. The van der Waals surface area contributed by atoms with Gasteiger partial charge in [-0.05, 0) is 54.1 Å². The molecule has 0 atom stereocenters. The molecule has 8 heteroatoms. The summed E-state index contributed by atoms with van der Waals surface area (Å²) in [7, 11) is -3.59. The number of rotatable bonds is 5. The second-order valence-corrected chi connectivity index (χ2v) is 9.75. The first-order chi connectivity index (χ1) is 15.7. The molecule has 3 aromatic carbocycles. The number of halogens is 2. The van der Waals surface area contributed by atoms with E-state index in [0.29, 0.717) is 5.69 Å². The van der Waals surface area contributed by atoms with Crippen LogP contribution in [0, 0.1) is 5.82 Å². The monoisotopic (exact) mass is 480 g/mol. The number of sulfone groups is 1. The lowest BCUT2D eigenvalue weighted by atomic mass is 9.98. The normalized spacial score (nSPS) is 11.2. The molecule has 0 saturated carbocycles. The molecule has 1 heterocycles. The lowest BCUT2D eigenvalue weighted by Gasteiger charge is -2.14. The van der Waals surface area contributed by atoms with Crippen LogP contribution in [-0.2, 0) is 9.84 Å². The highest BCUT2D eigenvalue weighted by Crippen LogP contribution is 2.32. The standard InChI is InChI=1S/C25H18ClFN2O3S/c1-33(31,32)18-11-12-20(21(15-18)19-8-5-9-22(26)24(19)27)25(30)29-17-7-4-6-16(14-17)23-10-2-3-13-28-23/h2-15H,1H3,(H,29,30). The van der Waals surface area contributed by atoms with Crippen molar-refractivity contribution >= 4 is 33.0 Å². The number of carbonyl (C=O) groups is 1. The molecule has 4 aromatic rings. The third-order valence-electron chi connectivity index (χ3n) is 4.99. The molecule has 0 aliphatic heterocycles. The Labute approximate surface area is 195 Å². The predicted octanol–water partition coefficient (Wildman–Crippen LogP) is 5.86. The van der Waals surface area contributed by atoms with E-state index in [1.807, 2.05) is 24.3 Å². The molecule has 0 radical (unpaired) electrons. The first-order valence-corrected chi connectivity index (χ1v) is 12.1. The molecular formula is C25H18ClFN2O3S. The summed E-state index contributed by atoms with van der Waals surface area (Å²) in [5, 5.41) is 2.67. The highest BCUT2D eigenvalue weighted by atomic mass is 35.5. The van der Waals surface area contributed by atoms with Crippen LogP contribution in [0.4, 0.5) is 10.1 Å². The quantitative estimate of drug-likeness (QED) is 0.388. The van der Waals surface area contributed by atoms with E-state index in [1.54, 1.807) is 24.4 Å². The van der Waals surface area contributed by atoms with Gasteiger partial charge >= 0.3 is 0 Å². The van der Waals surface area contributed by atoms with Crippen LogP contribution in [0.5, 0.6) is 0 Å². The van der Waals surface area contributed by atoms with E-state index in [9.17, 15) is 17.6 Å². The largest absolute Gasteiger partial charge is 0.322 e. The van der Waals surface area contributed by atoms with Gasteiger partial charge in [0.05, 0.1) is 15.6 Å². The minimum Gasteiger partial charge on any atom is -0.322 e. The van der Waals surface area contributed by atoms with Crippen molar-refractivity contribution in [2.45, 2.75) is 4.90 Å². The van der Waals surface area contributed by atoms with Crippen LogP contribution in [0.1, 0.15) is 10.4 Å². The Kier molecular flexibility index (Phi) is 6.26. The van der Waals surface area contributed by atoms with Crippen LogP contribution in [0.2, 0.25) is 5.02 Å². The van der Waals surface area contributed by atoms with Crippen LogP contribution >= 0.6 is 11.6 Å². The summed E-state index contributed by atoms with van der Waals surface area (Å²) in [4.78, 5) is 17.5. The first-order valence-electron chi connectivity index (χ1n) is 9.85. The van der Waals surface area contributed by atoms with Gasteiger partial charge in [-0.3, -0.25) is 9.78 Å². The zero-order valence-electron chi connectivity index (χ0n) is 17.4. The molecular weight excluding hydrogens is 463 g/mol. The molecule has 0 aliphatic carbocycles. The van der Waals surface area contributed by atoms with Crippen molar-refractivity contribution < 1.29 is 17.6 Å². The van der Waals surface area contributed by atoms with E-state index in [1.165, 1.54) is 36.4 Å². The van der Waals surface area contributed by atoms with Crippen LogP contribution in [0.25, 0.3) is 22.4 Å². The first kappa shape index (κ1) is 22.6. The van der Waals surface area contributed by atoms with E-state index in [0.717, 1.165) is 17.5 Å². The summed E-state index contributed by atoms with van der Waals surface area (Å²) >= 11 is 5.93. The average molecular weight is 481 g/mol. The molecule has 0 fully saturated rings. The summed E-state index contributed by atoms with van der Waals surface area (Å²) in [6.07, 6.45) is 2.72. The highest BCUT2D eigenvalue weighted by Gasteiger charge is 2.20. The van der Waals surface area contributed by atoms with Gasteiger partial charge in [0.15, 0.2) is 9.84 Å². The molecule has 0 spiro atoms. The molecule has 4 rings (SSSR count). The zero-order valence-corrected chi connectivity index (χ0v) is 19.0. The van der Waals surface area contributed by atoms with Gasteiger partial charge in [-0.25, -0.2) is 12.8 Å². The topological polar surface area (TPSA) is 76.1 Å². The predicted molar refractivity (Wildman–Crippen MR) is 128 cm³/mol. The molecule has 1 N–H and O–H groups in total. The number of carbonyl (C=O) groups excluding carboxylic acids is 1. The van der Waals surface area contributed by atoms with Crippen LogP contribution in [0.3, 0.4) is 0 Å². The Morgan fingerprint density at radius 3 is 2.45 bits per heavy atom. The second kappa shape index (κ2) is 9.13. The van der Waals surface area contributed by atoms with Crippen LogP contribution < -0.4 is 5.32 Å². The maximum Gasteiger partial charge on any atom is 0.256 e. The second-order valence-electron chi connectivity index (χ2n) is 7.33. The number of nitrogens with one attached hydrogen (secondary N) is 1. The fraction of sp³-hybridized carbons (Fsp3) is 0.0400. The van der Waals surface area contributed by atoms with Gasteiger partial charge in [-0.2, -0.15) is 0 Å². The molecule has 1 aromatic heterocycles. The van der Waals surface area contributed by atoms with Gasteiger partial charge in [-0.15, -0.1) is 0 Å². The van der Waals surface area contributed by atoms with Crippen molar-refractivity contribution in [3.8, 4) is 22.4 Å². The molecule has 0 aliphatic rings.